The predicted octanol–water partition coefficient (Wildman–Crippen LogP) is 4.04. The van der Waals surface area contributed by atoms with Crippen LogP contribution < -0.4 is 10.2 Å². The second kappa shape index (κ2) is 10.3. The van der Waals surface area contributed by atoms with Crippen LogP contribution in [0.25, 0.3) is 0 Å². The van der Waals surface area contributed by atoms with Gasteiger partial charge in [0, 0.05) is 57.0 Å². The maximum atomic E-state index is 12.9. The Morgan fingerprint density at radius 3 is 2.47 bits per heavy atom. The Bertz CT molecular complexity index is 735. The highest BCUT2D eigenvalue weighted by atomic mass is 16.5. The quantitative estimate of drug-likeness (QED) is 0.696. The highest BCUT2D eigenvalue weighted by molar-refractivity contribution is 5.93. The van der Waals surface area contributed by atoms with Crippen molar-refractivity contribution in [2.24, 2.45) is 11.8 Å². The van der Waals surface area contributed by atoms with E-state index in [1.54, 1.807) is 0 Å². The van der Waals surface area contributed by atoms with Gasteiger partial charge in [-0.15, -0.1) is 0 Å². The number of nitrogens with zero attached hydrogens (tertiary/aromatic N) is 2. The zero-order chi connectivity index (χ0) is 21.7. The molecule has 1 atom stereocenters. The van der Waals surface area contributed by atoms with Crippen LogP contribution in [0.2, 0.25) is 0 Å². The van der Waals surface area contributed by atoms with Gasteiger partial charge in [-0.25, -0.2) is 0 Å². The monoisotopic (exact) mass is 415 g/mol. The van der Waals surface area contributed by atoms with Gasteiger partial charge in [0.15, 0.2) is 0 Å². The number of anilines is 2. The molecule has 0 spiro atoms. The molecule has 0 radical (unpaired) electrons. The molecule has 2 amide bonds. The average Bonchev–Trinajstić information content (AvgIpc) is 3.41. The zero-order valence-electron chi connectivity index (χ0n) is 18.9. The molecule has 0 bridgehead atoms. The molecule has 1 aromatic carbocycles. The molecule has 30 heavy (non-hydrogen) atoms. The molecule has 1 saturated carbocycles. The standard InChI is InChI=1S/C24H37N3O3/c1-17(2)24(29)27(16-21-10-7-13-30-21)15-19-14-20(11-12-22(19)26(3)4)25-23(28)18-8-5-6-9-18/h11-12,14,17-18,21H,5-10,13,15-16H2,1-4H3,(H,25,28). The minimum absolute atomic E-state index is 0.0699. The number of carbonyl (C=O) groups is 2. The molecule has 6 heteroatoms. The van der Waals surface area contributed by atoms with Crippen LogP contribution in [0.4, 0.5) is 11.4 Å². The smallest absolute Gasteiger partial charge is 0.227 e. The Balaban J connectivity index is 1.80. The van der Waals surface area contributed by atoms with Crippen molar-refractivity contribution >= 4 is 23.2 Å². The lowest BCUT2D eigenvalue weighted by atomic mass is 10.1. The van der Waals surface area contributed by atoms with Crippen molar-refractivity contribution in [1.82, 2.24) is 4.90 Å². The largest absolute Gasteiger partial charge is 0.377 e. The summed E-state index contributed by atoms with van der Waals surface area (Å²) in [5.41, 5.74) is 2.90. The molecule has 1 saturated heterocycles. The summed E-state index contributed by atoms with van der Waals surface area (Å²) in [6, 6.07) is 6.02. The number of nitrogens with one attached hydrogen (secondary N) is 1. The Hall–Kier alpha value is -2.08. The number of hydrogen-bond acceptors (Lipinski definition) is 4. The maximum Gasteiger partial charge on any atom is 0.227 e. The van der Waals surface area contributed by atoms with Gasteiger partial charge in [0.2, 0.25) is 11.8 Å². The third-order valence-electron chi connectivity index (χ3n) is 6.17. The van der Waals surface area contributed by atoms with E-state index in [-0.39, 0.29) is 29.8 Å². The predicted molar refractivity (Wildman–Crippen MR) is 121 cm³/mol. The van der Waals surface area contributed by atoms with Gasteiger partial charge < -0.3 is 19.9 Å². The van der Waals surface area contributed by atoms with Crippen LogP contribution in [0.5, 0.6) is 0 Å². The van der Waals surface area contributed by atoms with Crippen LogP contribution >= 0.6 is 0 Å². The number of benzene rings is 1. The van der Waals surface area contributed by atoms with Crippen LogP contribution in [0.15, 0.2) is 18.2 Å². The van der Waals surface area contributed by atoms with E-state index in [0.29, 0.717) is 13.1 Å². The minimum Gasteiger partial charge on any atom is -0.377 e. The molecular weight excluding hydrogens is 378 g/mol. The summed E-state index contributed by atoms with van der Waals surface area (Å²) in [6.45, 7) is 5.78. The highest BCUT2D eigenvalue weighted by Gasteiger charge is 2.26. The molecule has 1 aliphatic carbocycles. The van der Waals surface area contributed by atoms with Crippen molar-refractivity contribution < 1.29 is 14.3 Å². The first-order valence-electron chi connectivity index (χ1n) is 11.4. The lowest BCUT2D eigenvalue weighted by molar-refractivity contribution is -0.136. The topological polar surface area (TPSA) is 61.9 Å². The van der Waals surface area contributed by atoms with Gasteiger partial charge in [0.05, 0.1) is 6.10 Å². The fourth-order valence-electron chi connectivity index (χ4n) is 4.50. The molecule has 1 aromatic rings. The van der Waals surface area contributed by atoms with Crippen LogP contribution in [0.1, 0.15) is 57.9 Å². The van der Waals surface area contributed by atoms with Crippen molar-refractivity contribution in [3.63, 3.8) is 0 Å². The van der Waals surface area contributed by atoms with Crippen molar-refractivity contribution in [1.29, 1.82) is 0 Å². The summed E-state index contributed by atoms with van der Waals surface area (Å²) < 4.78 is 5.80. The van der Waals surface area contributed by atoms with Crippen molar-refractivity contribution in [2.75, 3.05) is 37.5 Å². The van der Waals surface area contributed by atoms with E-state index < -0.39 is 0 Å². The fraction of sp³-hybridized carbons (Fsp3) is 0.667. The first-order valence-corrected chi connectivity index (χ1v) is 11.4. The van der Waals surface area contributed by atoms with Crippen LogP contribution in [0, 0.1) is 11.8 Å². The molecule has 6 nitrogen and oxygen atoms in total. The number of carbonyl (C=O) groups excluding carboxylic acids is 2. The summed E-state index contributed by atoms with van der Waals surface area (Å²) in [5, 5.41) is 3.10. The molecule has 3 rings (SSSR count). The van der Waals surface area contributed by atoms with E-state index in [4.69, 9.17) is 4.74 Å². The van der Waals surface area contributed by atoms with Gasteiger partial charge in [-0.1, -0.05) is 26.7 Å². The van der Waals surface area contributed by atoms with Gasteiger partial charge in [-0.3, -0.25) is 9.59 Å². The first kappa shape index (κ1) is 22.6. The second-order valence-electron chi connectivity index (χ2n) is 9.22. The number of hydrogen-bond donors (Lipinski definition) is 1. The molecule has 1 N–H and O–H groups in total. The number of rotatable bonds is 8. The molecule has 1 aliphatic heterocycles. The van der Waals surface area contributed by atoms with Crippen molar-refractivity contribution in [2.45, 2.75) is 65.0 Å². The van der Waals surface area contributed by atoms with Gasteiger partial charge in [0.25, 0.3) is 0 Å². The minimum atomic E-state index is -0.0699. The number of amides is 2. The normalized spacial score (nSPS) is 19.3. The number of ether oxygens (including phenoxy) is 1. The highest BCUT2D eigenvalue weighted by Crippen LogP contribution is 2.29. The summed E-state index contributed by atoms with van der Waals surface area (Å²) in [7, 11) is 4.01. The Morgan fingerprint density at radius 1 is 1.13 bits per heavy atom. The third-order valence-corrected chi connectivity index (χ3v) is 6.17. The molecule has 166 valence electrons. The molecule has 1 heterocycles. The molecule has 0 aromatic heterocycles. The molecular formula is C24H37N3O3. The van der Waals surface area contributed by atoms with E-state index in [9.17, 15) is 9.59 Å². The second-order valence-corrected chi connectivity index (χ2v) is 9.22. The van der Waals surface area contributed by atoms with Crippen molar-refractivity contribution in [3.05, 3.63) is 23.8 Å². The third kappa shape index (κ3) is 5.75. The zero-order valence-corrected chi connectivity index (χ0v) is 18.9. The van der Waals surface area contributed by atoms with E-state index >= 15 is 0 Å². The van der Waals surface area contributed by atoms with E-state index in [2.05, 4.69) is 10.2 Å². The fourth-order valence-corrected chi connectivity index (χ4v) is 4.50. The van der Waals surface area contributed by atoms with Crippen molar-refractivity contribution in [3.8, 4) is 0 Å². The van der Waals surface area contributed by atoms with E-state index in [0.717, 1.165) is 62.1 Å². The van der Waals surface area contributed by atoms with Gasteiger partial charge in [-0.05, 0) is 49.4 Å². The molecule has 2 fully saturated rings. The van der Waals surface area contributed by atoms with Crippen LogP contribution in [-0.2, 0) is 20.9 Å². The summed E-state index contributed by atoms with van der Waals surface area (Å²) in [6.07, 6.45) is 6.40. The lowest BCUT2D eigenvalue weighted by Crippen LogP contribution is -2.39. The Kier molecular flexibility index (Phi) is 7.75. The van der Waals surface area contributed by atoms with E-state index in [1.165, 1.54) is 0 Å². The Labute approximate surface area is 180 Å². The van der Waals surface area contributed by atoms with Crippen LogP contribution in [0.3, 0.4) is 0 Å². The van der Waals surface area contributed by atoms with Crippen LogP contribution in [-0.4, -0.2) is 50.1 Å². The van der Waals surface area contributed by atoms with Gasteiger partial charge >= 0.3 is 0 Å². The average molecular weight is 416 g/mol. The summed E-state index contributed by atoms with van der Waals surface area (Å²) in [4.78, 5) is 29.5. The lowest BCUT2D eigenvalue weighted by Gasteiger charge is -2.29. The summed E-state index contributed by atoms with van der Waals surface area (Å²) in [5.74, 6) is 0.307. The molecule has 1 unspecified atom stereocenters. The molecule has 2 aliphatic rings. The van der Waals surface area contributed by atoms with E-state index in [1.807, 2.05) is 51.0 Å². The Morgan fingerprint density at radius 2 is 1.87 bits per heavy atom. The van der Waals surface area contributed by atoms with Gasteiger partial charge in [0.1, 0.15) is 0 Å². The van der Waals surface area contributed by atoms with Gasteiger partial charge in [-0.2, -0.15) is 0 Å². The maximum absolute atomic E-state index is 12.9. The summed E-state index contributed by atoms with van der Waals surface area (Å²) >= 11 is 0. The SMILES string of the molecule is CC(C)C(=O)N(Cc1cc(NC(=O)C2CCCC2)ccc1N(C)C)CC1CCCO1. The first-order chi connectivity index (χ1) is 14.3.